The van der Waals surface area contributed by atoms with Gasteiger partial charge in [0.1, 0.15) is 4.88 Å². The fourth-order valence-corrected chi connectivity index (χ4v) is 4.24. The molecule has 6 nitrogen and oxygen atoms in total. The van der Waals surface area contributed by atoms with Crippen LogP contribution in [0.1, 0.15) is 45.4 Å². The van der Waals surface area contributed by atoms with E-state index in [2.05, 4.69) is 20.3 Å². The molecule has 0 spiro atoms. The van der Waals surface area contributed by atoms with Gasteiger partial charge in [0.25, 0.3) is 5.91 Å². The predicted octanol–water partition coefficient (Wildman–Crippen LogP) is 3.30. The summed E-state index contributed by atoms with van der Waals surface area (Å²) >= 11 is 1.32. The molecule has 132 valence electrons. The van der Waals surface area contributed by atoms with Crippen molar-refractivity contribution >= 4 is 22.9 Å². The molecule has 0 saturated heterocycles. The second-order valence-electron chi connectivity index (χ2n) is 6.38. The van der Waals surface area contributed by atoms with Crippen LogP contribution in [-0.4, -0.2) is 20.9 Å². The van der Waals surface area contributed by atoms with Crippen molar-refractivity contribution < 1.29 is 4.79 Å². The second kappa shape index (κ2) is 6.84. The third-order valence-corrected chi connectivity index (χ3v) is 5.70. The topological polar surface area (TPSA) is 93.8 Å². The molecule has 1 amide bonds. The standard InChI is InChI=1S/C19H19N5OS/c1-11-16(26-19(23-11)17-21-8-3-9-22-17)18(25)24-15-5-2-4-12-10-13(20)6-7-14(12)15/h3,6-10,15H,2,4-5,20H2,1H3,(H,24,25). The number of thiazole rings is 1. The van der Waals surface area contributed by atoms with Gasteiger partial charge in [-0.3, -0.25) is 4.79 Å². The maximum atomic E-state index is 12.8. The average Bonchev–Trinajstić information content (AvgIpc) is 3.04. The Hall–Kier alpha value is -2.80. The summed E-state index contributed by atoms with van der Waals surface area (Å²) in [5.74, 6) is 0.440. The van der Waals surface area contributed by atoms with Crippen molar-refractivity contribution in [2.24, 2.45) is 0 Å². The van der Waals surface area contributed by atoms with Crippen molar-refractivity contribution in [3.63, 3.8) is 0 Å². The summed E-state index contributed by atoms with van der Waals surface area (Å²) in [7, 11) is 0. The van der Waals surface area contributed by atoms with Gasteiger partial charge >= 0.3 is 0 Å². The van der Waals surface area contributed by atoms with Gasteiger partial charge in [0, 0.05) is 18.1 Å². The molecule has 2 aromatic heterocycles. The molecular weight excluding hydrogens is 346 g/mol. The third-order valence-electron chi connectivity index (χ3n) is 4.55. The number of nitrogens with two attached hydrogens (primary N) is 1. The van der Waals surface area contributed by atoms with E-state index >= 15 is 0 Å². The van der Waals surface area contributed by atoms with E-state index < -0.39 is 0 Å². The van der Waals surface area contributed by atoms with Gasteiger partial charge in [-0.1, -0.05) is 6.07 Å². The molecule has 2 heterocycles. The first-order chi connectivity index (χ1) is 12.6. The highest BCUT2D eigenvalue weighted by Crippen LogP contribution is 2.32. The molecule has 7 heteroatoms. The summed E-state index contributed by atoms with van der Waals surface area (Å²) in [4.78, 5) is 26.3. The maximum absolute atomic E-state index is 12.8. The summed E-state index contributed by atoms with van der Waals surface area (Å²) in [6.07, 6.45) is 6.30. The Morgan fingerprint density at radius 1 is 1.31 bits per heavy atom. The monoisotopic (exact) mass is 365 g/mol. The zero-order chi connectivity index (χ0) is 18.1. The normalized spacial score (nSPS) is 16.1. The molecule has 0 bridgehead atoms. The van der Waals surface area contributed by atoms with Crippen molar-refractivity contribution in [1.82, 2.24) is 20.3 Å². The fraction of sp³-hybridized carbons (Fsp3) is 0.263. The predicted molar refractivity (Wildman–Crippen MR) is 102 cm³/mol. The third kappa shape index (κ3) is 3.17. The van der Waals surface area contributed by atoms with Crippen LogP contribution in [0.2, 0.25) is 0 Å². The Kier molecular flexibility index (Phi) is 4.38. The van der Waals surface area contributed by atoms with Crippen LogP contribution in [0.15, 0.2) is 36.7 Å². The summed E-state index contributed by atoms with van der Waals surface area (Å²) in [5.41, 5.74) is 9.74. The fourth-order valence-electron chi connectivity index (χ4n) is 3.32. The van der Waals surface area contributed by atoms with Crippen LogP contribution in [0.5, 0.6) is 0 Å². The van der Waals surface area contributed by atoms with Crippen molar-refractivity contribution in [3.8, 4) is 10.8 Å². The lowest BCUT2D eigenvalue weighted by molar-refractivity contribution is 0.0936. The average molecular weight is 365 g/mol. The number of fused-ring (bicyclic) bond motifs is 1. The maximum Gasteiger partial charge on any atom is 0.263 e. The molecule has 1 aliphatic carbocycles. The van der Waals surface area contributed by atoms with Gasteiger partial charge in [0.2, 0.25) is 0 Å². The van der Waals surface area contributed by atoms with Crippen LogP contribution in [-0.2, 0) is 6.42 Å². The number of hydrogen-bond donors (Lipinski definition) is 2. The second-order valence-corrected chi connectivity index (χ2v) is 7.38. The molecule has 0 radical (unpaired) electrons. The smallest absolute Gasteiger partial charge is 0.263 e. The first-order valence-corrected chi connectivity index (χ1v) is 9.37. The van der Waals surface area contributed by atoms with E-state index in [9.17, 15) is 4.79 Å². The van der Waals surface area contributed by atoms with Crippen molar-refractivity contribution in [1.29, 1.82) is 0 Å². The molecule has 3 aromatic rings. The van der Waals surface area contributed by atoms with Gasteiger partial charge in [0.15, 0.2) is 10.8 Å². The Bertz CT molecular complexity index is 954. The number of carbonyl (C=O) groups is 1. The van der Waals surface area contributed by atoms with Crippen LogP contribution in [0.4, 0.5) is 5.69 Å². The number of amides is 1. The summed E-state index contributed by atoms with van der Waals surface area (Å²) in [5, 5.41) is 3.82. The van der Waals surface area contributed by atoms with Gasteiger partial charge in [-0.05, 0) is 55.5 Å². The number of aryl methyl sites for hydroxylation is 2. The van der Waals surface area contributed by atoms with Crippen molar-refractivity contribution in [3.05, 3.63) is 58.4 Å². The number of hydrogen-bond acceptors (Lipinski definition) is 6. The van der Waals surface area contributed by atoms with Gasteiger partial charge in [-0.25, -0.2) is 15.0 Å². The largest absolute Gasteiger partial charge is 0.399 e. The molecule has 0 aliphatic heterocycles. The molecular formula is C19H19N5OS. The molecule has 1 atom stereocenters. The van der Waals surface area contributed by atoms with E-state index in [0.29, 0.717) is 21.4 Å². The highest BCUT2D eigenvalue weighted by molar-refractivity contribution is 7.17. The number of nitrogens with zero attached hydrogens (tertiary/aromatic N) is 3. The molecule has 26 heavy (non-hydrogen) atoms. The minimum Gasteiger partial charge on any atom is -0.399 e. The van der Waals surface area contributed by atoms with Crippen LogP contribution < -0.4 is 11.1 Å². The number of benzene rings is 1. The van der Waals surface area contributed by atoms with Crippen LogP contribution in [0, 0.1) is 6.92 Å². The highest BCUT2D eigenvalue weighted by Gasteiger charge is 2.24. The molecule has 1 unspecified atom stereocenters. The number of rotatable bonds is 3. The molecule has 1 aliphatic rings. The first-order valence-electron chi connectivity index (χ1n) is 8.56. The quantitative estimate of drug-likeness (QED) is 0.695. The van der Waals surface area contributed by atoms with Crippen LogP contribution in [0.3, 0.4) is 0 Å². The Balaban J connectivity index is 1.58. The lowest BCUT2D eigenvalue weighted by atomic mass is 9.87. The minimum absolute atomic E-state index is 0.00442. The van der Waals surface area contributed by atoms with E-state index in [1.807, 2.05) is 25.1 Å². The SMILES string of the molecule is Cc1nc(-c2ncccn2)sc1C(=O)NC1CCCc2cc(N)ccc21. The number of carbonyl (C=O) groups excluding carboxylic acids is 1. The van der Waals surface area contributed by atoms with E-state index in [-0.39, 0.29) is 11.9 Å². The number of nitrogens with one attached hydrogen (secondary N) is 1. The summed E-state index contributed by atoms with van der Waals surface area (Å²) in [6.45, 7) is 1.84. The van der Waals surface area contributed by atoms with E-state index in [1.165, 1.54) is 16.9 Å². The zero-order valence-corrected chi connectivity index (χ0v) is 15.2. The Labute approximate surface area is 155 Å². The summed E-state index contributed by atoms with van der Waals surface area (Å²) in [6, 6.07) is 7.69. The van der Waals surface area contributed by atoms with Crippen LogP contribution >= 0.6 is 11.3 Å². The number of anilines is 1. The first kappa shape index (κ1) is 16.7. The van der Waals surface area contributed by atoms with Gasteiger partial charge < -0.3 is 11.1 Å². The lowest BCUT2D eigenvalue weighted by Gasteiger charge is -2.26. The Morgan fingerprint density at radius 3 is 2.92 bits per heavy atom. The molecule has 3 N–H and O–H groups in total. The lowest BCUT2D eigenvalue weighted by Crippen LogP contribution is -2.30. The molecule has 1 aromatic carbocycles. The molecule has 4 rings (SSSR count). The molecule has 0 fully saturated rings. The van der Waals surface area contributed by atoms with Crippen molar-refractivity contribution in [2.45, 2.75) is 32.2 Å². The van der Waals surface area contributed by atoms with Crippen molar-refractivity contribution in [2.75, 3.05) is 5.73 Å². The Morgan fingerprint density at radius 2 is 2.12 bits per heavy atom. The molecule has 0 saturated carbocycles. The zero-order valence-electron chi connectivity index (χ0n) is 14.4. The van der Waals surface area contributed by atoms with Gasteiger partial charge in [-0.15, -0.1) is 11.3 Å². The van der Waals surface area contributed by atoms with Crippen LogP contribution in [0.25, 0.3) is 10.8 Å². The van der Waals surface area contributed by atoms with Gasteiger partial charge in [-0.2, -0.15) is 0 Å². The van der Waals surface area contributed by atoms with E-state index in [4.69, 9.17) is 5.73 Å². The highest BCUT2D eigenvalue weighted by atomic mass is 32.1. The minimum atomic E-state index is -0.100. The van der Waals surface area contributed by atoms with Gasteiger partial charge in [0.05, 0.1) is 11.7 Å². The number of aromatic nitrogens is 3. The van der Waals surface area contributed by atoms with E-state index in [1.54, 1.807) is 18.5 Å². The number of nitrogen functional groups attached to an aromatic ring is 1. The van der Waals surface area contributed by atoms with E-state index in [0.717, 1.165) is 30.5 Å². The summed E-state index contributed by atoms with van der Waals surface area (Å²) < 4.78 is 0.